The molecule has 150 valence electrons. The number of carbonyl (C=O) groups excluding carboxylic acids is 1. The first-order valence-electron chi connectivity index (χ1n) is 9.71. The highest BCUT2D eigenvalue weighted by Crippen LogP contribution is 2.25. The lowest BCUT2D eigenvalue weighted by atomic mass is 10.0. The predicted molar refractivity (Wildman–Crippen MR) is 117 cm³/mol. The smallest absolute Gasteiger partial charge is 0.252 e. The fourth-order valence-electron chi connectivity index (χ4n) is 3.35. The quantitative estimate of drug-likeness (QED) is 0.506. The highest BCUT2D eigenvalue weighted by atomic mass is 16.5. The third-order valence-corrected chi connectivity index (χ3v) is 4.99. The highest BCUT2D eigenvalue weighted by Gasteiger charge is 2.16. The molecule has 0 saturated carbocycles. The van der Waals surface area contributed by atoms with E-state index in [1.54, 1.807) is 37.4 Å². The van der Waals surface area contributed by atoms with Crippen LogP contribution >= 0.6 is 0 Å². The fraction of sp³-hybridized carbons (Fsp3) is 0.120. The van der Waals surface area contributed by atoms with Gasteiger partial charge in [-0.05, 0) is 29.8 Å². The van der Waals surface area contributed by atoms with E-state index in [-0.39, 0.29) is 12.5 Å². The van der Waals surface area contributed by atoms with Gasteiger partial charge in [0.25, 0.3) is 5.91 Å². The van der Waals surface area contributed by atoms with E-state index in [4.69, 9.17) is 9.72 Å². The number of ether oxygens (including phenoxy) is 1. The van der Waals surface area contributed by atoms with Crippen molar-refractivity contribution in [3.05, 3.63) is 96.1 Å². The van der Waals surface area contributed by atoms with Gasteiger partial charge >= 0.3 is 0 Å². The van der Waals surface area contributed by atoms with Crippen LogP contribution in [0.3, 0.4) is 0 Å². The van der Waals surface area contributed by atoms with Crippen LogP contribution in [0.25, 0.3) is 22.2 Å². The third-order valence-electron chi connectivity index (χ3n) is 4.99. The van der Waals surface area contributed by atoms with Gasteiger partial charge in [-0.3, -0.25) is 4.79 Å². The van der Waals surface area contributed by atoms with Crippen molar-refractivity contribution < 1.29 is 14.6 Å². The van der Waals surface area contributed by atoms with E-state index < -0.39 is 6.10 Å². The lowest BCUT2D eigenvalue weighted by Crippen LogP contribution is -2.28. The number of para-hydroxylation sites is 1. The van der Waals surface area contributed by atoms with Gasteiger partial charge in [-0.25, -0.2) is 4.98 Å². The largest absolute Gasteiger partial charge is 0.497 e. The molecule has 0 aliphatic carbocycles. The lowest BCUT2D eigenvalue weighted by molar-refractivity contribution is 0.0918. The molecule has 0 aliphatic heterocycles. The summed E-state index contributed by atoms with van der Waals surface area (Å²) in [4.78, 5) is 17.7. The molecular formula is C25H22N2O3. The second-order valence-electron chi connectivity index (χ2n) is 6.94. The Morgan fingerprint density at radius 1 is 1.00 bits per heavy atom. The summed E-state index contributed by atoms with van der Waals surface area (Å²) in [7, 11) is 1.59. The van der Waals surface area contributed by atoms with E-state index in [1.165, 1.54) is 0 Å². The Balaban J connectivity index is 1.59. The van der Waals surface area contributed by atoms with Gasteiger partial charge in [0, 0.05) is 17.5 Å². The van der Waals surface area contributed by atoms with Crippen molar-refractivity contribution >= 4 is 16.8 Å². The van der Waals surface area contributed by atoms with E-state index in [1.807, 2.05) is 54.6 Å². The van der Waals surface area contributed by atoms with Gasteiger partial charge in [-0.15, -0.1) is 0 Å². The molecule has 2 N–H and O–H groups in total. The van der Waals surface area contributed by atoms with E-state index in [2.05, 4.69) is 5.32 Å². The first kappa shape index (κ1) is 19.6. The zero-order valence-corrected chi connectivity index (χ0v) is 16.6. The standard InChI is InChI=1S/C25H22N2O3/c1-30-19-13-11-18(12-14-19)24(28)16-26-25(29)21-15-23(17-7-3-2-4-8-17)27-22-10-6-5-9-20(21)22/h2-15,24,28H,16H2,1H3,(H,26,29). The Morgan fingerprint density at radius 3 is 2.43 bits per heavy atom. The molecule has 1 atom stereocenters. The molecule has 0 spiro atoms. The van der Waals surface area contributed by atoms with Crippen molar-refractivity contribution in [3.63, 3.8) is 0 Å². The van der Waals surface area contributed by atoms with Crippen molar-refractivity contribution in [3.8, 4) is 17.0 Å². The van der Waals surface area contributed by atoms with Crippen LogP contribution in [0.1, 0.15) is 22.0 Å². The predicted octanol–water partition coefficient (Wildman–Crippen LogP) is 4.37. The SMILES string of the molecule is COc1ccc(C(O)CNC(=O)c2cc(-c3ccccc3)nc3ccccc23)cc1. The molecule has 0 fully saturated rings. The molecule has 0 radical (unpaired) electrons. The summed E-state index contributed by atoms with van der Waals surface area (Å²) in [5.74, 6) is 0.463. The summed E-state index contributed by atoms with van der Waals surface area (Å²) < 4.78 is 5.14. The molecular weight excluding hydrogens is 376 g/mol. The molecule has 4 aromatic rings. The van der Waals surface area contributed by atoms with Crippen molar-refractivity contribution in [1.29, 1.82) is 0 Å². The first-order chi connectivity index (χ1) is 14.7. The summed E-state index contributed by atoms with van der Waals surface area (Å²) in [5.41, 5.74) is 3.66. The number of amides is 1. The van der Waals surface area contributed by atoms with E-state index in [0.717, 1.165) is 22.2 Å². The summed E-state index contributed by atoms with van der Waals surface area (Å²) in [6.45, 7) is 0.0997. The zero-order valence-electron chi connectivity index (χ0n) is 16.6. The van der Waals surface area contributed by atoms with E-state index in [0.29, 0.717) is 16.9 Å². The van der Waals surface area contributed by atoms with Crippen molar-refractivity contribution in [2.45, 2.75) is 6.10 Å². The molecule has 1 unspecified atom stereocenters. The number of aliphatic hydroxyl groups is 1. The van der Waals surface area contributed by atoms with Gasteiger partial charge in [0.2, 0.25) is 0 Å². The minimum Gasteiger partial charge on any atom is -0.497 e. The molecule has 1 amide bonds. The number of pyridine rings is 1. The maximum Gasteiger partial charge on any atom is 0.252 e. The van der Waals surface area contributed by atoms with Crippen molar-refractivity contribution in [2.24, 2.45) is 0 Å². The molecule has 5 nitrogen and oxygen atoms in total. The van der Waals surface area contributed by atoms with Crippen molar-refractivity contribution in [1.82, 2.24) is 10.3 Å². The van der Waals surface area contributed by atoms with Crippen LogP contribution in [0.15, 0.2) is 84.9 Å². The molecule has 5 heteroatoms. The van der Waals surface area contributed by atoms with Crippen LogP contribution in [0, 0.1) is 0 Å². The first-order valence-corrected chi connectivity index (χ1v) is 9.71. The fourth-order valence-corrected chi connectivity index (χ4v) is 3.35. The summed E-state index contributed by atoms with van der Waals surface area (Å²) >= 11 is 0. The molecule has 0 bridgehead atoms. The third kappa shape index (κ3) is 4.16. The van der Waals surface area contributed by atoms with Gasteiger partial charge in [-0.2, -0.15) is 0 Å². The second kappa shape index (κ2) is 8.76. The van der Waals surface area contributed by atoms with Crippen LogP contribution < -0.4 is 10.1 Å². The van der Waals surface area contributed by atoms with Crippen LogP contribution in [0.2, 0.25) is 0 Å². The number of aromatic nitrogens is 1. The Kier molecular flexibility index (Phi) is 5.72. The normalized spacial score (nSPS) is 11.8. The zero-order chi connectivity index (χ0) is 20.9. The van der Waals surface area contributed by atoms with Crippen LogP contribution in [0.4, 0.5) is 0 Å². The Labute approximate surface area is 175 Å². The summed E-state index contributed by atoms with van der Waals surface area (Å²) in [6.07, 6.45) is -0.818. The van der Waals surface area contributed by atoms with Crippen molar-refractivity contribution in [2.75, 3.05) is 13.7 Å². The van der Waals surface area contributed by atoms with Gasteiger partial charge in [0.15, 0.2) is 0 Å². The topological polar surface area (TPSA) is 71.5 Å². The maximum atomic E-state index is 13.0. The minimum atomic E-state index is -0.818. The Hall–Kier alpha value is -3.70. The maximum absolute atomic E-state index is 13.0. The molecule has 4 rings (SSSR count). The average molecular weight is 398 g/mol. The molecule has 1 heterocycles. The number of nitrogens with one attached hydrogen (secondary N) is 1. The monoisotopic (exact) mass is 398 g/mol. The average Bonchev–Trinajstić information content (AvgIpc) is 2.82. The molecule has 1 aromatic heterocycles. The summed E-state index contributed by atoms with van der Waals surface area (Å²) in [5, 5.41) is 14.1. The van der Waals surface area contributed by atoms with Crippen LogP contribution in [-0.4, -0.2) is 29.7 Å². The van der Waals surface area contributed by atoms with Gasteiger partial charge < -0.3 is 15.2 Å². The number of hydrogen-bond acceptors (Lipinski definition) is 4. The van der Waals surface area contributed by atoms with Crippen LogP contribution in [0.5, 0.6) is 5.75 Å². The molecule has 0 saturated heterocycles. The minimum absolute atomic E-state index is 0.0997. The number of methoxy groups -OCH3 is 1. The summed E-state index contributed by atoms with van der Waals surface area (Å²) in [6, 6.07) is 26.2. The van der Waals surface area contributed by atoms with Gasteiger partial charge in [0.05, 0.1) is 30.0 Å². The molecule has 3 aromatic carbocycles. The van der Waals surface area contributed by atoms with Crippen LogP contribution in [-0.2, 0) is 0 Å². The number of fused-ring (bicyclic) bond motifs is 1. The number of aliphatic hydroxyl groups excluding tert-OH is 1. The molecule has 0 aliphatic rings. The van der Waals surface area contributed by atoms with E-state index in [9.17, 15) is 9.90 Å². The number of rotatable bonds is 6. The Morgan fingerprint density at radius 2 is 1.70 bits per heavy atom. The number of carbonyl (C=O) groups is 1. The highest BCUT2D eigenvalue weighted by molar-refractivity contribution is 6.07. The molecule has 30 heavy (non-hydrogen) atoms. The Bertz CT molecular complexity index is 1160. The second-order valence-corrected chi connectivity index (χ2v) is 6.94. The number of nitrogens with zero attached hydrogens (tertiary/aromatic N) is 1. The lowest BCUT2D eigenvalue weighted by Gasteiger charge is -2.14. The van der Waals surface area contributed by atoms with Gasteiger partial charge in [-0.1, -0.05) is 60.7 Å². The number of hydrogen-bond donors (Lipinski definition) is 2. The van der Waals surface area contributed by atoms with Gasteiger partial charge in [0.1, 0.15) is 5.75 Å². The van der Waals surface area contributed by atoms with E-state index >= 15 is 0 Å². The number of benzene rings is 3.